The first-order valence-corrected chi connectivity index (χ1v) is 8.51. The minimum atomic E-state index is 0.968. The minimum Gasteiger partial charge on any atom is -0.349 e. The van der Waals surface area contributed by atoms with Crippen LogP contribution in [0.2, 0.25) is 0 Å². The molecule has 0 bridgehead atoms. The van der Waals surface area contributed by atoms with Crippen molar-refractivity contribution in [2.75, 3.05) is 0 Å². The highest BCUT2D eigenvalue weighted by Crippen LogP contribution is 1.81. The first kappa shape index (κ1) is 26.5. The van der Waals surface area contributed by atoms with Crippen molar-refractivity contribution in [2.45, 2.75) is 55.4 Å². The van der Waals surface area contributed by atoms with E-state index in [2.05, 4.69) is 24.9 Å². The van der Waals surface area contributed by atoms with Crippen LogP contribution in [0.5, 0.6) is 0 Å². The van der Waals surface area contributed by atoms with E-state index in [1.165, 1.54) is 0 Å². The van der Waals surface area contributed by atoms with Gasteiger partial charge in [-0.15, -0.1) is 0 Å². The van der Waals surface area contributed by atoms with E-state index in [0.717, 1.165) is 11.5 Å². The summed E-state index contributed by atoms with van der Waals surface area (Å²) in [6.45, 7) is 15.9. The normalized spacial score (nSPS) is 7.38. The molecule has 0 aliphatic carbocycles. The van der Waals surface area contributed by atoms with Gasteiger partial charge in [-0.25, -0.2) is 15.0 Å². The highest BCUT2D eigenvalue weighted by atomic mass is 15.0. The first-order valence-electron chi connectivity index (χ1n) is 8.51. The summed E-state index contributed by atoms with van der Waals surface area (Å²) in [6.07, 6.45) is 12.4. The minimum absolute atomic E-state index is 0.968. The second kappa shape index (κ2) is 22.9. The fourth-order valence-corrected chi connectivity index (χ4v) is 0.995. The highest BCUT2D eigenvalue weighted by molar-refractivity contribution is 4.87. The monoisotopic (exact) mass is 336 g/mol. The van der Waals surface area contributed by atoms with Crippen molar-refractivity contribution >= 4 is 0 Å². The summed E-state index contributed by atoms with van der Waals surface area (Å²) < 4.78 is 1.89. The maximum atomic E-state index is 3.86. The van der Waals surface area contributed by atoms with E-state index >= 15 is 0 Å². The molecule has 0 spiro atoms. The zero-order valence-electron chi connectivity index (χ0n) is 16.8. The van der Waals surface area contributed by atoms with Gasteiger partial charge in [-0.2, -0.15) is 0 Å². The number of nitrogens with zero attached hydrogens (tertiary/aromatic N) is 4. The first-order chi connectivity index (χ1) is 11.7. The highest BCUT2D eigenvalue weighted by Gasteiger charge is 1.74. The second-order valence-corrected chi connectivity index (χ2v) is 3.64. The van der Waals surface area contributed by atoms with E-state index < -0.39 is 0 Å². The fraction of sp³-hybridized carbons (Fsp3) is 0.500. The Kier molecular flexibility index (Phi) is 25.3. The molecular weight excluding hydrogens is 300 g/mol. The SMILES string of the molecule is CC.CC.CC.Cc1cnc[nH]1.Cc1ncc[nH]1.Cn1ccnc1. The average molecular weight is 337 g/mol. The lowest BCUT2D eigenvalue weighted by atomic mass is 10.6. The van der Waals surface area contributed by atoms with E-state index in [-0.39, 0.29) is 0 Å². The Hall–Kier alpha value is -2.37. The Morgan fingerprint density at radius 1 is 0.875 bits per heavy atom. The van der Waals surface area contributed by atoms with E-state index in [1.54, 1.807) is 37.4 Å². The molecule has 0 saturated heterocycles. The standard InChI is InChI=1S/3C4H6N2.3C2H6/c1-4-2-5-3-6-4;1-6-3-2-5-4-6;1-4-5-2-3-6-4;3*1-2/h2-3H,1H3,(H,5,6);2-4H,1H3;2-3H,1H3,(H,5,6);3*1-2H3. The van der Waals surface area contributed by atoms with Crippen LogP contribution in [0.25, 0.3) is 0 Å². The molecule has 3 aromatic heterocycles. The number of imidazole rings is 3. The smallest absolute Gasteiger partial charge is 0.102 e. The molecule has 2 N–H and O–H groups in total. The van der Waals surface area contributed by atoms with Crippen LogP contribution in [0.1, 0.15) is 53.1 Å². The summed E-state index contributed by atoms with van der Waals surface area (Å²) >= 11 is 0. The van der Waals surface area contributed by atoms with Gasteiger partial charge in [-0.1, -0.05) is 41.5 Å². The van der Waals surface area contributed by atoms with Gasteiger partial charge in [0.1, 0.15) is 5.82 Å². The van der Waals surface area contributed by atoms with Gasteiger partial charge in [0.2, 0.25) is 0 Å². The number of rotatable bonds is 0. The summed E-state index contributed by atoms with van der Waals surface area (Å²) in [5.74, 6) is 0.968. The summed E-state index contributed by atoms with van der Waals surface area (Å²) in [5.41, 5.74) is 1.11. The van der Waals surface area contributed by atoms with Gasteiger partial charge >= 0.3 is 0 Å². The molecule has 138 valence electrons. The van der Waals surface area contributed by atoms with Crippen LogP contribution in [0.3, 0.4) is 0 Å². The van der Waals surface area contributed by atoms with Crippen molar-refractivity contribution in [3.63, 3.8) is 0 Å². The molecule has 0 amide bonds. The van der Waals surface area contributed by atoms with E-state index in [4.69, 9.17) is 0 Å². The third kappa shape index (κ3) is 19.6. The molecule has 6 heteroatoms. The predicted octanol–water partition coefficient (Wildman–Crippen LogP) is 4.93. The number of aromatic nitrogens is 6. The van der Waals surface area contributed by atoms with Crippen molar-refractivity contribution in [1.29, 1.82) is 0 Å². The van der Waals surface area contributed by atoms with Crippen molar-refractivity contribution in [2.24, 2.45) is 7.05 Å². The Bertz CT molecular complexity index is 407. The van der Waals surface area contributed by atoms with Crippen LogP contribution in [0, 0.1) is 13.8 Å². The van der Waals surface area contributed by atoms with Crippen LogP contribution >= 0.6 is 0 Å². The molecule has 3 heterocycles. The molecule has 3 rings (SSSR count). The molecule has 24 heavy (non-hydrogen) atoms. The van der Waals surface area contributed by atoms with E-state index in [0.29, 0.717) is 0 Å². The molecule has 0 aromatic carbocycles. The van der Waals surface area contributed by atoms with Crippen molar-refractivity contribution in [3.05, 3.63) is 55.2 Å². The van der Waals surface area contributed by atoms with Crippen molar-refractivity contribution < 1.29 is 0 Å². The van der Waals surface area contributed by atoms with E-state index in [1.807, 2.05) is 73.2 Å². The van der Waals surface area contributed by atoms with Crippen LogP contribution < -0.4 is 0 Å². The number of aryl methyl sites for hydroxylation is 3. The molecule has 3 aromatic rings. The maximum Gasteiger partial charge on any atom is 0.102 e. The molecule has 0 aliphatic heterocycles. The number of aromatic amines is 2. The van der Waals surface area contributed by atoms with Gasteiger partial charge < -0.3 is 14.5 Å². The van der Waals surface area contributed by atoms with Gasteiger partial charge in [-0.3, -0.25) is 0 Å². The quantitative estimate of drug-likeness (QED) is 0.611. The summed E-state index contributed by atoms with van der Waals surface area (Å²) in [6, 6.07) is 0. The number of hydrogen-bond acceptors (Lipinski definition) is 3. The fourth-order valence-electron chi connectivity index (χ4n) is 0.995. The van der Waals surface area contributed by atoms with Gasteiger partial charge in [0.15, 0.2) is 0 Å². The third-order valence-corrected chi connectivity index (χ3v) is 1.91. The van der Waals surface area contributed by atoms with E-state index in [9.17, 15) is 0 Å². The molecule has 0 unspecified atom stereocenters. The molecule has 0 atom stereocenters. The van der Waals surface area contributed by atoms with Crippen molar-refractivity contribution in [3.8, 4) is 0 Å². The molecular formula is C18H36N6. The van der Waals surface area contributed by atoms with Gasteiger partial charge in [-0.05, 0) is 13.8 Å². The molecule has 6 nitrogen and oxygen atoms in total. The number of H-pyrrole nitrogens is 2. The van der Waals surface area contributed by atoms with Gasteiger partial charge in [0.05, 0.1) is 12.7 Å². The summed E-state index contributed by atoms with van der Waals surface area (Å²) in [5, 5.41) is 0. The number of hydrogen-bond donors (Lipinski definition) is 2. The second-order valence-electron chi connectivity index (χ2n) is 3.64. The van der Waals surface area contributed by atoms with Crippen LogP contribution in [0.15, 0.2) is 43.6 Å². The predicted molar refractivity (Wildman–Crippen MR) is 104 cm³/mol. The Labute approximate surface area is 147 Å². The summed E-state index contributed by atoms with van der Waals surface area (Å²) in [7, 11) is 1.94. The van der Waals surface area contributed by atoms with Crippen LogP contribution in [0.4, 0.5) is 0 Å². The molecule has 0 radical (unpaired) electrons. The summed E-state index contributed by atoms with van der Waals surface area (Å²) in [4.78, 5) is 17.2. The Morgan fingerprint density at radius 3 is 1.62 bits per heavy atom. The molecule has 0 aliphatic rings. The third-order valence-electron chi connectivity index (χ3n) is 1.91. The zero-order valence-corrected chi connectivity index (χ0v) is 16.8. The van der Waals surface area contributed by atoms with Gasteiger partial charge in [0, 0.05) is 43.7 Å². The number of nitrogens with one attached hydrogen (secondary N) is 2. The topological polar surface area (TPSA) is 75.2 Å². The van der Waals surface area contributed by atoms with Gasteiger partial charge in [0.25, 0.3) is 0 Å². The lowest BCUT2D eigenvalue weighted by Crippen LogP contribution is -1.76. The lowest BCUT2D eigenvalue weighted by Gasteiger charge is -1.76. The average Bonchev–Trinajstić information content (AvgIpc) is 3.40. The maximum absolute atomic E-state index is 3.86. The van der Waals surface area contributed by atoms with Crippen LogP contribution in [-0.4, -0.2) is 29.5 Å². The zero-order chi connectivity index (χ0) is 19.2. The van der Waals surface area contributed by atoms with Crippen molar-refractivity contribution in [1.82, 2.24) is 29.5 Å². The largest absolute Gasteiger partial charge is 0.349 e. The van der Waals surface area contributed by atoms with Crippen LogP contribution in [-0.2, 0) is 7.05 Å². The Morgan fingerprint density at radius 2 is 1.50 bits per heavy atom. The molecule has 0 fully saturated rings. The lowest BCUT2D eigenvalue weighted by molar-refractivity contribution is 0.913. The Balaban J connectivity index is -0.000000239. The molecule has 0 saturated carbocycles.